The fraction of sp³-hybridized carbons (Fsp3) is 0.667. The van der Waals surface area contributed by atoms with Crippen molar-refractivity contribution in [3.05, 3.63) is 0 Å². The number of carbonyl (C=O) groups is 1. The molecule has 0 saturated heterocycles. The second-order valence-electron chi connectivity index (χ2n) is 2.02. The largest absolute Gasteiger partial charge is 0.588 e. The lowest BCUT2D eigenvalue weighted by Gasteiger charge is -2.09. The fourth-order valence-corrected chi connectivity index (χ4v) is 0.583. The van der Waals surface area contributed by atoms with Crippen LogP contribution in [0.1, 0.15) is 0 Å². The van der Waals surface area contributed by atoms with Gasteiger partial charge in [0.25, 0.3) is 0 Å². The molecule has 2 unspecified atom stereocenters. The van der Waals surface area contributed by atoms with Gasteiger partial charge in [-0.1, -0.05) is 0 Å². The molecule has 0 rings (SSSR count). The topological polar surface area (TPSA) is 110 Å². The van der Waals surface area contributed by atoms with Crippen molar-refractivity contribution >= 4 is 11.9 Å². The van der Waals surface area contributed by atoms with Crippen LogP contribution < -0.4 is 5.26 Å². The van der Waals surface area contributed by atoms with Crippen LogP contribution in [-0.2, 0) is 18.8 Å². The van der Waals surface area contributed by atoms with E-state index in [1.165, 1.54) is 0 Å². The number of ether oxygens (including phenoxy) is 2. The number of methoxy groups -OCH3 is 2. The Kier molecular flexibility index (Phi) is 4.78. The summed E-state index contributed by atoms with van der Waals surface area (Å²) in [5.74, 6) is -1.91. The second-order valence-corrected chi connectivity index (χ2v) is 2.02. The highest BCUT2D eigenvalue weighted by atomic mass is 17.1. The van der Waals surface area contributed by atoms with E-state index in [0.29, 0.717) is 0 Å². The van der Waals surface area contributed by atoms with Crippen LogP contribution in [-0.4, -0.2) is 48.6 Å². The molecule has 0 aliphatic carbocycles. The minimum absolute atomic E-state index is 0.807. The van der Waals surface area contributed by atoms with Gasteiger partial charge in [-0.25, -0.2) is 4.79 Å². The van der Waals surface area contributed by atoms with Crippen LogP contribution in [0.4, 0.5) is 0 Å². The van der Waals surface area contributed by atoms with Gasteiger partial charge in [-0.3, -0.25) is 4.58 Å². The van der Waals surface area contributed by atoms with E-state index in [1.807, 2.05) is 0 Å². The Balaban J connectivity index is 4.40. The first-order chi connectivity index (χ1) is 6.08. The highest BCUT2D eigenvalue weighted by molar-refractivity contribution is 5.85. The minimum atomic E-state index is -1.91. The molecule has 0 heterocycles. The molecule has 7 heteroatoms. The van der Waals surface area contributed by atoms with Crippen molar-refractivity contribution in [3.8, 4) is 0 Å². The summed E-state index contributed by atoms with van der Waals surface area (Å²) in [6, 6.07) is 0. The highest BCUT2D eigenvalue weighted by Gasteiger charge is 2.37. The summed E-state index contributed by atoms with van der Waals surface area (Å²) >= 11 is 0. The molecule has 0 aromatic rings. The Morgan fingerprint density at radius 2 is 1.85 bits per heavy atom. The third-order valence-corrected chi connectivity index (χ3v) is 1.27. The molecule has 0 aromatic carbocycles. The minimum Gasteiger partial charge on any atom is -0.588 e. The molecule has 0 radical (unpaired) electrons. The van der Waals surface area contributed by atoms with Gasteiger partial charge in [0.05, 0.1) is 7.11 Å². The van der Waals surface area contributed by atoms with Crippen LogP contribution in [0, 0.1) is 0 Å². The SMILES string of the molecule is COC(=O)C(O)C(O)C(OC)=[O+][O-]. The lowest BCUT2D eigenvalue weighted by atomic mass is 10.2. The van der Waals surface area contributed by atoms with Gasteiger partial charge in [-0.05, 0) is 0 Å². The molecule has 2 N–H and O–H groups in total. The molecule has 76 valence electrons. The Bertz CT molecular complexity index is 199. The fourth-order valence-electron chi connectivity index (χ4n) is 0.583. The van der Waals surface area contributed by atoms with Crippen LogP contribution in [0.2, 0.25) is 0 Å². The van der Waals surface area contributed by atoms with E-state index in [9.17, 15) is 10.1 Å². The Morgan fingerprint density at radius 1 is 1.31 bits per heavy atom. The number of hydrogen-bond acceptors (Lipinski definition) is 6. The Morgan fingerprint density at radius 3 is 2.15 bits per heavy atom. The molecule has 0 spiro atoms. The maximum atomic E-state index is 10.6. The number of carbonyl (C=O) groups excluding carboxylic acids is 2. The van der Waals surface area contributed by atoms with Crippen LogP contribution in [0.25, 0.3) is 0 Å². The molecular formula is C6H10O7. The lowest BCUT2D eigenvalue weighted by molar-refractivity contribution is -1.05. The zero-order valence-electron chi connectivity index (χ0n) is 7.09. The van der Waals surface area contributed by atoms with Crippen molar-refractivity contribution in [2.45, 2.75) is 12.2 Å². The summed E-state index contributed by atoms with van der Waals surface area (Å²) in [5, 5.41) is 27.8. The highest BCUT2D eigenvalue weighted by Crippen LogP contribution is 1.98. The zero-order valence-corrected chi connectivity index (χ0v) is 7.09. The van der Waals surface area contributed by atoms with Crippen molar-refractivity contribution < 1.29 is 34.3 Å². The monoisotopic (exact) mass is 194 g/mol. The summed E-state index contributed by atoms with van der Waals surface area (Å²) in [6.07, 6.45) is -3.77. The predicted octanol–water partition coefficient (Wildman–Crippen LogP) is -3.13. The third-order valence-electron chi connectivity index (χ3n) is 1.27. The Hall–Kier alpha value is -1.34. The number of esters is 2. The lowest BCUT2D eigenvalue weighted by Crippen LogP contribution is -2.42. The summed E-state index contributed by atoms with van der Waals surface area (Å²) in [7, 11) is 2.06. The Labute approximate surface area is 73.7 Å². The van der Waals surface area contributed by atoms with E-state index < -0.39 is 24.1 Å². The number of rotatable bonds is 3. The molecule has 0 bridgehead atoms. The first kappa shape index (κ1) is 11.7. The molecular weight excluding hydrogens is 184 g/mol. The van der Waals surface area contributed by atoms with E-state index in [1.54, 1.807) is 0 Å². The normalized spacial score (nSPS) is 16.2. The van der Waals surface area contributed by atoms with E-state index in [-0.39, 0.29) is 0 Å². The molecule has 2 atom stereocenters. The maximum absolute atomic E-state index is 10.6. The quantitative estimate of drug-likeness (QED) is 0.212. The molecule has 13 heavy (non-hydrogen) atoms. The molecule has 0 fully saturated rings. The molecule has 0 saturated carbocycles. The van der Waals surface area contributed by atoms with Gasteiger partial charge in [0, 0.05) is 0 Å². The van der Waals surface area contributed by atoms with Crippen molar-refractivity contribution in [2.24, 2.45) is 0 Å². The standard InChI is InChI=1S/C6H10O7/c1-11-5(9)3(7)4(8)6(12-2)13-10/h3-4,7-8H,1-2H3. The average Bonchev–Trinajstić information content (AvgIpc) is 2.17. The van der Waals surface area contributed by atoms with E-state index >= 15 is 0 Å². The van der Waals surface area contributed by atoms with Crippen LogP contribution in [0.3, 0.4) is 0 Å². The molecule has 0 aliphatic rings. The van der Waals surface area contributed by atoms with Gasteiger partial charge >= 0.3 is 11.9 Å². The molecule has 0 aromatic heterocycles. The van der Waals surface area contributed by atoms with Crippen LogP contribution in [0.15, 0.2) is 0 Å². The molecule has 0 aliphatic heterocycles. The summed E-state index contributed by atoms with van der Waals surface area (Å²) in [4.78, 5) is 10.6. The summed E-state index contributed by atoms with van der Waals surface area (Å²) in [6.45, 7) is 0. The molecule has 7 nitrogen and oxygen atoms in total. The van der Waals surface area contributed by atoms with E-state index in [4.69, 9.17) is 10.2 Å². The predicted molar refractivity (Wildman–Crippen MR) is 36.0 cm³/mol. The van der Waals surface area contributed by atoms with Gasteiger partial charge < -0.3 is 24.9 Å². The summed E-state index contributed by atoms with van der Waals surface area (Å²) < 4.78 is 11.6. The first-order valence-corrected chi connectivity index (χ1v) is 3.23. The van der Waals surface area contributed by atoms with Crippen molar-refractivity contribution in [1.29, 1.82) is 0 Å². The van der Waals surface area contributed by atoms with Crippen LogP contribution in [0.5, 0.6) is 0 Å². The zero-order chi connectivity index (χ0) is 10.4. The van der Waals surface area contributed by atoms with Crippen molar-refractivity contribution in [1.82, 2.24) is 0 Å². The second kappa shape index (κ2) is 5.33. The smallest absolute Gasteiger partial charge is 0.530 e. The van der Waals surface area contributed by atoms with Crippen molar-refractivity contribution in [3.63, 3.8) is 0 Å². The van der Waals surface area contributed by atoms with Crippen molar-refractivity contribution in [2.75, 3.05) is 14.2 Å². The number of aliphatic hydroxyl groups excluding tert-OH is 2. The van der Waals surface area contributed by atoms with E-state index in [2.05, 4.69) is 14.0 Å². The van der Waals surface area contributed by atoms with E-state index in [0.717, 1.165) is 14.2 Å². The van der Waals surface area contributed by atoms with Gasteiger partial charge in [0.1, 0.15) is 0 Å². The molecule has 0 amide bonds. The van der Waals surface area contributed by atoms with Gasteiger partial charge in [-0.15, -0.1) is 0 Å². The van der Waals surface area contributed by atoms with Crippen LogP contribution >= 0.6 is 0 Å². The van der Waals surface area contributed by atoms with Gasteiger partial charge in [-0.2, -0.15) is 0 Å². The third kappa shape index (κ3) is 2.88. The maximum Gasteiger partial charge on any atom is 0.530 e. The summed E-state index contributed by atoms with van der Waals surface area (Å²) in [5.41, 5.74) is 0. The number of aliphatic hydroxyl groups is 2. The number of hydrogen-bond donors (Lipinski definition) is 2. The average molecular weight is 194 g/mol. The van der Waals surface area contributed by atoms with Gasteiger partial charge in [0.2, 0.25) is 6.10 Å². The van der Waals surface area contributed by atoms with Gasteiger partial charge in [0.15, 0.2) is 13.2 Å². The first-order valence-electron chi connectivity index (χ1n) is 3.23.